The Morgan fingerprint density at radius 2 is 1.87 bits per heavy atom. The average molecular weight is 417 g/mol. The SMILES string of the molecule is Cc1nn(-c2ccccc2)cc1CCCNC(=O)C(Oc1ccccc1C#N)C(C)C. The molecule has 0 bridgehead atoms. The van der Waals surface area contributed by atoms with Crippen molar-refractivity contribution in [3.05, 3.63) is 77.6 Å². The molecule has 1 heterocycles. The minimum atomic E-state index is -0.655. The van der Waals surface area contributed by atoms with E-state index in [1.807, 2.05) is 62.0 Å². The third-order valence-electron chi connectivity index (χ3n) is 5.07. The molecule has 31 heavy (non-hydrogen) atoms. The molecule has 0 aliphatic carbocycles. The molecule has 0 spiro atoms. The molecule has 1 aromatic heterocycles. The smallest absolute Gasteiger partial charge is 0.261 e. The number of nitrogens with one attached hydrogen (secondary N) is 1. The molecule has 6 nitrogen and oxygen atoms in total. The van der Waals surface area contributed by atoms with Gasteiger partial charge in [0, 0.05) is 12.7 Å². The summed E-state index contributed by atoms with van der Waals surface area (Å²) >= 11 is 0. The number of para-hydroxylation sites is 2. The van der Waals surface area contributed by atoms with Crippen molar-refractivity contribution in [1.29, 1.82) is 5.26 Å². The Bertz CT molecular complexity index is 1050. The van der Waals surface area contributed by atoms with Crippen LogP contribution < -0.4 is 10.1 Å². The van der Waals surface area contributed by atoms with Gasteiger partial charge in [0.05, 0.1) is 16.9 Å². The molecular formula is C25H28N4O2. The van der Waals surface area contributed by atoms with Crippen LogP contribution in [0.25, 0.3) is 5.69 Å². The van der Waals surface area contributed by atoms with Crippen molar-refractivity contribution in [3.63, 3.8) is 0 Å². The van der Waals surface area contributed by atoms with Crippen molar-refractivity contribution in [2.75, 3.05) is 6.54 Å². The van der Waals surface area contributed by atoms with Crippen LogP contribution in [0.15, 0.2) is 60.8 Å². The minimum absolute atomic E-state index is 0.0295. The molecule has 1 N–H and O–H groups in total. The summed E-state index contributed by atoms with van der Waals surface area (Å²) in [6, 6.07) is 19.1. The first-order valence-corrected chi connectivity index (χ1v) is 10.5. The molecule has 1 unspecified atom stereocenters. The zero-order valence-corrected chi connectivity index (χ0v) is 18.2. The van der Waals surface area contributed by atoms with E-state index in [1.165, 1.54) is 0 Å². The van der Waals surface area contributed by atoms with Gasteiger partial charge in [-0.3, -0.25) is 4.79 Å². The first-order valence-electron chi connectivity index (χ1n) is 10.5. The first-order chi connectivity index (χ1) is 15.0. The van der Waals surface area contributed by atoms with Gasteiger partial charge >= 0.3 is 0 Å². The molecule has 0 radical (unpaired) electrons. The molecule has 0 aliphatic heterocycles. The Balaban J connectivity index is 1.54. The van der Waals surface area contributed by atoms with E-state index in [0.29, 0.717) is 17.9 Å². The van der Waals surface area contributed by atoms with E-state index in [0.717, 1.165) is 29.8 Å². The summed E-state index contributed by atoms with van der Waals surface area (Å²) < 4.78 is 7.79. The molecule has 0 saturated heterocycles. The summed E-state index contributed by atoms with van der Waals surface area (Å²) in [5, 5.41) is 16.8. The minimum Gasteiger partial charge on any atom is -0.479 e. The van der Waals surface area contributed by atoms with Gasteiger partial charge in [0.15, 0.2) is 6.10 Å². The lowest BCUT2D eigenvalue weighted by Gasteiger charge is -2.22. The number of hydrogen-bond acceptors (Lipinski definition) is 4. The molecule has 3 aromatic rings. The lowest BCUT2D eigenvalue weighted by Crippen LogP contribution is -2.42. The fraction of sp³-hybridized carbons (Fsp3) is 0.320. The van der Waals surface area contributed by atoms with Gasteiger partial charge in [-0.1, -0.05) is 44.2 Å². The fourth-order valence-corrected chi connectivity index (χ4v) is 3.34. The monoisotopic (exact) mass is 416 g/mol. The van der Waals surface area contributed by atoms with Crippen LogP contribution in [0, 0.1) is 24.2 Å². The number of hydrogen-bond donors (Lipinski definition) is 1. The number of ether oxygens (including phenoxy) is 1. The van der Waals surface area contributed by atoms with Crippen LogP contribution in [0.2, 0.25) is 0 Å². The molecule has 0 fully saturated rings. The van der Waals surface area contributed by atoms with Crippen molar-refractivity contribution >= 4 is 5.91 Å². The summed E-state index contributed by atoms with van der Waals surface area (Å²) in [5.41, 5.74) is 3.61. The zero-order chi connectivity index (χ0) is 22.2. The van der Waals surface area contributed by atoms with Gasteiger partial charge < -0.3 is 10.1 Å². The van der Waals surface area contributed by atoms with Gasteiger partial charge in [-0.05, 0) is 55.5 Å². The molecule has 6 heteroatoms. The predicted octanol–water partition coefficient (Wildman–Crippen LogP) is 4.20. The number of nitriles is 1. The van der Waals surface area contributed by atoms with Crippen LogP contribution in [0.5, 0.6) is 5.75 Å². The molecule has 3 rings (SSSR count). The maximum absolute atomic E-state index is 12.7. The lowest BCUT2D eigenvalue weighted by molar-refractivity contribution is -0.129. The summed E-state index contributed by atoms with van der Waals surface area (Å²) in [5.74, 6) is 0.236. The number of aryl methyl sites for hydroxylation is 2. The number of aromatic nitrogens is 2. The lowest BCUT2D eigenvalue weighted by atomic mass is 10.1. The Morgan fingerprint density at radius 3 is 2.58 bits per heavy atom. The van der Waals surface area contributed by atoms with Crippen LogP contribution in [0.1, 0.15) is 37.1 Å². The maximum atomic E-state index is 12.7. The largest absolute Gasteiger partial charge is 0.479 e. The highest BCUT2D eigenvalue weighted by Gasteiger charge is 2.25. The third-order valence-corrected chi connectivity index (χ3v) is 5.07. The van der Waals surface area contributed by atoms with Gasteiger partial charge in [0.25, 0.3) is 5.91 Å². The zero-order valence-electron chi connectivity index (χ0n) is 18.2. The van der Waals surface area contributed by atoms with Crippen LogP contribution in [0.4, 0.5) is 0 Å². The Kier molecular flexibility index (Phi) is 7.45. The summed E-state index contributed by atoms with van der Waals surface area (Å²) in [6.45, 7) is 6.41. The number of rotatable bonds is 9. The van der Waals surface area contributed by atoms with E-state index in [2.05, 4.69) is 16.5 Å². The Hall–Kier alpha value is -3.59. The van der Waals surface area contributed by atoms with Crippen molar-refractivity contribution in [1.82, 2.24) is 15.1 Å². The number of benzene rings is 2. The first kappa shape index (κ1) is 22.1. The topological polar surface area (TPSA) is 79.9 Å². The van der Waals surface area contributed by atoms with Gasteiger partial charge in [-0.2, -0.15) is 10.4 Å². The van der Waals surface area contributed by atoms with Crippen molar-refractivity contribution in [3.8, 4) is 17.5 Å². The van der Waals surface area contributed by atoms with E-state index >= 15 is 0 Å². The van der Waals surface area contributed by atoms with Gasteiger partial charge in [0.2, 0.25) is 0 Å². The summed E-state index contributed by atoms with van der Waals surface area (Å²) in [4.78, 5) is 12.7. The third kappa shape index (κ3) is 5.73. The molecule has 160 valence electrons. The quantitative estimate of drug-likeness (QED) is 0.530. The van der Waals surface area contributed by atoms with Crippen LogP contribution >= 0.6 is 0 Å². The average Bonchev–Trinajstić information content (AvgIpc) is 3.16. The van der Waals surface area contributed by atoms with Crippen molar-refractivity contribution < 1.29 is 9.53 Å². The predicted molar refractivity (Wildman–Crippen MR) is 120 cm³/mol. The normalized spacial score (nSPS) is 11.7. The standard InChI is InChI=1S/C25H28N4O2/c1-18(2)24(31-23-14-8-7-10-20(23)16-26)25(30)27-15-9-11-21-17-29(28-19(21)3)22-12-5-4-6-13-22/h4-8,10,12-14,17-18,24H,9,11,15H2,1-3H3,(H,27,30). The van der Waals surface area contributed by atoms with Crippen LogP contribution in [0.3, 0.4) is 0 Å². The molecule has 0 saturated carbocycles. The van der Waals surface area contributed by atoms with Crippen LogP contribution in [-0.2, 0) is 11.2 Å². The van der Waals surface area contributed by atoms with Gasteiger partial charge in [-0.25, -0.2) is 4.68 Å². The van der Waals surface area contributed by atoms with Crippen LogP contribution in [-0.4, -0.2) is 28.3 Å². The van der Waals surface area contributed by atoms with Crippen molar-refractivity contribution in [2.24, 2.45) is 5.92 Å². The van der Waals surface area contributed by atoms with Crippen molar-refractivity contribution in [2.45, 2.75) is 39.7 Å². The highest BCUT2D eigenvalue weighted by Crippen LogP contribution is 2.21. The summed E-state index contributed by atoms with van der Waals surface area (Å²) in [7, 11) is 0. The fourth-order valence-electron chi connectivity index (χ4n) is 3.34. The summed E-state index contributed by atoms with van der Waals surface area (Å²) in [6.07, 6.45) is 3.01. The molecule has 1 amide bonds. The van der Waals surface area contributed by atoms with Gasteiger partial charge in [0.1, 0.15) is 11.8 Å². The van der Waals surface area contributed by atoms with Gasteiger partial charge in [-0.15, -0.1) is 0 Å². The van der Waals surface area contributed by atoms with E-state index < -0.39 is 6.10 Å². The molecule has 1 atom stereocenters. The highest BCUT2D eigenvalue weighted by molar-refractivity contribution is 5.81. The second-order valence-electron chi connectivity index (χ2n) is 7.80. The second kappa shape index (κ2) is 10.4. The van der Waals surface area contributed by atoms with E-state index in [9.17, 15) is 10.1 Å². The second-order valence-corrected chi connectivity index (χ2v) is 7.80. The Morgan fingerprint density at radius 1 is 1.16 bits per heavy atom. The maximum Gasteiger partial charge on any atom is 0.261 e. The highest BCUT2D eigenvalue weighted by atomic mass is 16.5. The van der Waals surface area contributed by atoms with E-state index in [1.54, 1.807) is 24.3 Å². The Labute approximate surface area is 183 Å². The molecular weight excluding hydrogens is 388 g/mol. The molecule has 2 aromatic carbocycles. The number of amides is 1. The molecule has 0 aliphatic rings. The van der Waals surface area contributed by atoms with E-state index in [-0.39, 0.29) is 11.8 Å². The number of carbonyl (C=O) groups is 1. The number of nitrogens with zero attached hydrogens (tertiary/aromatic N) is 3. The van der Waals surface area contributed by atoms with E-state index in [4.69, 9.17) is 4.74 Å². The number of carbonyl (C=O) groups excluding carboxylic acids is 1.